The van der Waals surface area contributed by atoms with Crippen LogP contribution in [0.2, 0.25) is 0 Å². The van der Waals surface area contributed by atoms with Crippen LogP contribution >= 0.6 is 11.6 Å². The van der Waals surface area contributed by atoms with Gasteiger partial charge in [0.1, 0.15) is 17.9 Å². The zero-order chi connectivity index (χ0) is 15.5. The lowest BCUT2D eigenvalue weighted by molar-refractivity contribution is -0.222. The number of rotatable bonds is 4. The maximum Gasteiger partial charge on any atom is 0.348 e. The van der Waals surface area contributed by atoms with Crippen molar-refractivity contribution >= 4 is 29.6 Å². The molecular formula is C15H15ClO5. The van der Waals surface area contributed by atoms with Crippen molar-refractivity contribution in [3.8, 4) is 5.75 Å². The van der Waals surface area contributed by atoms with Crippen LogP contribution in [0.15, 0.2) is 29.8 Å². The summed E-state index contributed by atoms with van der Waals surface area (Å²) >= 11 is 5.53. The van der Waals surface area contributed by atoms with E-state index < -0.39 is 17.7 Å². The Morgan fingerprint density at radius 3 is 2.24 bits per heavy atom. The summed E-state index contributed by atoms with van der Waals surface area (Å²) in [7, 11) is 0. The van der Waals surface area contributed by atoms with Gasteiger partial charge in [0.15, 0.2) is 0 Å². The molecule has 2 rings (SSSR count). The van der Waals surface area contributed by atoms with Crippen LogP contribution in [-0.2, 0) is 19.1 Å². The predicted octanol–water partition coefficient (Wildman–Crippen LogP) is 2.52. The lowest BCUT2D eigenvalue weighted by Gasteiger charge is -2.29. The van der Waals surface area contributed by atoms with Crippen molar-refractivity contribution < 1.29 is 23.8 Å². The molecule has 0 unspecified atom stereocenters. The van der Waals surface area contributed by atoms with E-state index in [1.165, 1.54) is 19.9 Å². The van der Waals surface area contributed by atoms with E-state index in [1.807, 2.05) is 0 Å². The molecule has 112 valence electrons. The second-order valence-electron chi connectivity index (χ2n) is 4.84. The van der Waals surface area contributed by atoms with Gasteiger partial charge < -0.3 is 14.2 Å². The fourth-order valence-electron chi connectivity index (χ4n) is 1.76. The number of alkyl halides is 1. The molecule has 0 aromatic heterocycles. The Bertz CT molecular complexity index is 552. The summed E-state index contributed by atoms with van der Waals surface area (Å²) in [5.41, 5.74) is 0.528. The molecule has 0 bridgehead atoms. The summed E-state index contributed by atoms with van der Waals surface area (Å²) in [5, 5.41) is 0. The van der Waals surface area contributed by atoms with E-state index in [9.17, 15) is 9.59 Å². The Balaban J connectivity index is 2.15. The van der Waals surface area contributed by atoms with E-state index in [1.54, 1.807) is 24.3 Å². The highest BCUT2D eigenvalue weighted by atomic mass is 35.5. The number of carbonyl (C=O) groups excluding carboxylic acids is 2. The summed E-state index contributed by atoms with van der Waals surface area (Å²) < 4.78 is 15.4. The van der Waals surface area contributed by atoms with Crippen molar-refractivity contribution in [2.75, 3.05) is 12.5 Å². The largest absolute Gasteiger partial charge is 0.492 e. The molecule has 6 heteroatoms. The van der Waals surface area contributed by atoms with Crippen LogP contribution < -0.4 is 4.74 Å². The zero-order valence-corrected chi connectivity index (χ0v) is 12.5. The van der Waals surface area contributed by atoms with Gasteiger partial charge in [-0.1, -0.05) is 12.1 Å². The number of hydrogen-bond donors (Lipinski definition) is 0. The molecule has 0 spiro atoms. The fourth-order valence-corrected chi connectivity index (χ4v) is 1.84. The number of benzene rings is 1. The van der Waals surface area contributed by atoms with Crippen LogP contribution in [0.4, 0.5) is 0 Å². The standard InChI is InChI=1S/C15H15ClO5/c1-15(2)20-13(17)12(14(18)21-15)9-10-3-5-11(6-4-10)19-8-7-16/h3-6,9H,7-8H2,1-2H3. The molecule has 0 aliphatic carbocycles. The van der Waals surface area contributed by atoms with Gasteiger partial charge in [-0.25, -0.2) is 9.59 Å². The topological polar surface area (TPSA) is 61.8 Å². The average Bonchev–Trinajstić information content (AvgIpc) is 2.41. The van der Waals surface area contributed by atoms with Crippen LogP contribution in [0.5, 0.6) is 5.75 Å². The van der Waals surface area contributed by atoms with Gasteiger partial charge in [0.25, 0.3) is 5.79 Å². The molecular weight excluding hydrogens is 296 g/mol. The summed E-state index contributed by atoms with van der Waals surface area (Å²) in [5.74, 6) is -1.56. The van der Waals surface area contributed by atoms with Crippen molar-refractivity contribution in [2.24, 2.45) is 0 Å². The number of cyclic esters (lactones) is 2. The number of esters is 2. The van der Waals surface area contributed by atoms with Gasteiger partial charge in [0, 0.05) is 13.8 Å². The summed E-state index contributed by atoms with van der Waals surface area (Å²) in [6, 6.07) is 6.89. The molecule has 0 atom stereocenters. The van der Waals surface area contributed by atoms with Crippen LogP contribution in [0, 0.1) is 0 Å². The lowest BCUT2D eigenvalue weighted by atomic mass is 10.1. The van der Waals surface area contributed by atoms with Gasteiger partial charge in [0.2, 0.25) is 0 Å². The van der Waals surface area contributed by atoms with Crippen molar-refractivity contribution in [2.45, 2.75) is 19.6 Å². The molecule has 1 aliphatic heterocycles. The van der Waals surface area contributed by atoms with E-state index >= 15 is 0 Å². The molecule has 1 aromatic rings. The van der Waals surface area contributed by atoms with E-state index in [4.69, 9.17) is 25.8 Å². The second-order valence-corrected chi connectivity index (χ2v) is 5.22. The molecule has 0 N–H and O–H groups in total. The van der Waals surface area contributed by atoms with Crippen LogP contribution in [-0.4, -0.2) is 30.2 Å². The van der Waals surface area contributed by atoms with Gasteiger partial charge in [0.05, 0.1) is 5.88 Å². The summed E-state index contributed by atoms with van der Waals surface area (Å²) in [6.45, 7) is 3.42. The minimum atomic E-state index is -1.23. The van der Waals surface area contributed by atoms with Gasteiger partial charge in [-0.05, 0) is 23.8 Å². The highest BCUT2D eigenvalue weighted by Crippen LogP contribution is 2.24. The molecule has 1 aliphatic rings. The normalized spacial score (nSPS) is 17.0. The van der Waals surface area contributed by atoms with Gasteiger partial charge in [-0.3, -0.25) is 0 Å². The van der Waals surface area contributed by atoms with Gasteiger partial charge in [-0.15, -0.1) is 11.6 Å². The monoisotopic (exact) mass is 310 g/mol. The molecule has 1 saturated heterocycles. The molecule has 0 saturated carbocycles. The molecule has 0 amide bonds. The third-order valence-electron chi connectivity index (χ3n) is 2.65. The van der Waals surface area contributed by atoms with Crippen LogP contribution in [0.25, 0.3) is 6.08 Å². The maximum absolute atomic E-state index is 11.8. The Hall–Kier alpha value is -2.01. The minimum Gasteiger partial charge on any atom is -0.492 e. The van der Waals surface area contributed by atoms with Crippen molar-refractivity contribution in [1.82, 2.24) is 0 Å². The first-order chi connectivity index (χ1) is 9.91. The average molecular weight is 311 g/mol. The van der Waals surface area contributed by atoms with E-state index in [-0.39, 0.29) is 5.57 Å². The van der Waals surface area contributed by atoms with Crippen LogP contribution in [0.1, 0.15) is 19.4 Å². The number of hydrogen-bond acceptors (Lipinski definition) is 5. The van der Waals surface area contributed by atoms with E-state index in [0.717, 1.165) is 0 Å². The van der Waals surface area contributed by atoms with Crippen molar-refractivity contribution in [1.29, 1.82) is 0 Å². The first-order valence-corrected chi connectivity index (χ1v) is 6.92. The molecule has 0 radical (unpaired) electrons. The molecule has 5 nitrogen and oxygen atoms in total. The SMILES string of the molecule is CC1(C)OC(=O)C(=Cc2ccc(OCCCl)cc2)C(=O)O1. The third-order valence-corrected chi connectivity index (χ3v) is 2.81. The number of carbonyl (C=O) groups is 2. The number of halogens is 1. The van der Waals surface area contributed by atoms with Crippen molar-refractivity contribution in [3.63, 3.8) is 0 Å². The van der Waals surface area contributed by atoms with Gasteiger partial charge in [-0.2, -0.15) is 0 Å². The molecule has 21 heavy (non-hydrogen) atoms. The Kier molecular flexibility index (Phi) is 4.53. The Morgan fingerprint density at radius 1 is 1.14 bits per heavy atom. The zero-order valence-electron chi connectivity index (χ0n) is 11.7. The minimum absolute atomic E-state index is 0.135. The Labute approximate surface area is 127 Å². The quantitative estimate of drug-likeness (QED) is 0.370. The van der Waals surface area contributed by atoms with Crippen LogP contribution in [0.3, 0.4) is 0 Å². The first-order valence-electron chi connectivity index (χ1n) is 6.38. The Morgan fingerprint density at radius 2 is 1.71 bits per heavy atom. The van der Waals surface area contributed by atoms with Gasteiger partial charge >= 0.3 is 11.9 Å². The summed E-state index contributed by atoms with van der Waals surface area (Å²) in [4.78, 5) is 23.6. The fraction of sp³-hybridized carbons (Fsp3) is 0.333. The van der Waals surface area contributed by atoms with E-state index in [0.29, 0.717) is 23.8 Å². The molecule has 1 fully saturated rings. The third kappa shape index (κ3) is 3.98. The maximum atomic E-state index is 11.8. The molecule has 1 aromatic carbocycles. The lowest BCUT2D eigenvalue weighted by Crippen LogP contribution is -2.41. The first kappa shape index (κ1) is 15.4. The van der Waals surface area contributed by atoms with E-state index in [2.05, 4.69) is 0 Å². The number of ether oxygens (including phenoxy) is 3. The predicted molar refractivity (Wildman–Crippen MR) is 76.9 cm³/mol. The highest BCUT2D eigenvalue weighted by Gasteiger charge is 2.38. The second kappa shape index (κ2) is 6.18. The molecule has 1 heterocycles. The smallest absolute Gasteiger partial charge is 0.348 e. The summed E-state index contributed by atoms with van der Waals surface area (Å²) in [6.07, 6.45) is 1.42. The highest BCUT2D eigenvalue weighted by molar-refractivity contribution is 6.19. The van der Waals surface area contributed by atoms with Crippen molar-refractivity contribution in [3.05, 3.63) is 35.4 Å².